The minimum Gasteiger partial charge on any atom is -0.649 e. The van der Waals surface area contributed by atoms with Crippen molar-refractivity contribution in [3.63, 3.8) is 0 Å². The maximum atomic E-state index is 10.7. The van der Waals surface area contributed by atoms with Gasteiger partial charge in [-0.25, -0.2) is 0 Å². The fraction of sp³-hybridized carbons (Fsp3) is 0.800. The predicted molar refractivity (Wildman–Crippen MR) is 34.9 cm³/mol. The maximum absolute atomic E-state index is 10.7. The quantitative estimate of drug-likeness (QED) is 0.319. The second-order valence-electron chi connectivity index (χ2n) is 2.24. The predicted octanol–water partition coefficient (Wildman–Crippen LogP) is -4.12. The summed E-state index contributed by atoms with van der Waals surface area (Å²) in [5.41, 5.74) is 5.51. The van der Waals surface area contributed by atoms with E-state index in [1.807, 2.05) is 0 Å². The van der Waals surface area contributed by atoms with Gasteiger partial charge in [0.15, 0.2) is 0 Å². The minimum absolute atomic E-state index is 0. The Bertz CT molecular complexity index is 144. The van der Waals surface area contributed by atoms with Gasteiger partial charge in [-0.1, -0.05) is 6.42 Å². The Kier molecular flexibility index (Phi) is 6.10. The summed E-state index contributed by atoms with van der Waals surface area (Å²) in [5.74, 6) is 4.11. The monoisotopic (exact) mass is 183 g/mol. The SMILES string of the molecule is NOC(=O)C1[N-]CCC1N.[K+]. The smallest absolute Gasteiger partial charge is 0.649 e. The first-order chi connectivity index (χ1) is 4.75. The van der Waals surface area contributed by atoms with E-state index >= 15 is 0 Å². The Morgan fingerprint density at radius 1 is 1.64 bits per heavy atom. The average Bonchev–Trinajstić information content (AvgIpc) is 2.34. The van der Waals surface area contributed by atoms with Crippen molar-refractivity contribution in [3.05, 3.63) is 5.32 Å². The summed E-state index contributed by atoms with van der Waals surface area (Å²) in [6, 6.07) is -0.749. The molecule has 0 amide bonds. The zero-order valence-corrected chi connectivity index (χ0v) is 9.61. The molecule has 0 spiro atoms. The van der Waals surface area contributed by atoms with Crippen LogP contribution in [0.2, 0.25) is 0 Å². The molecule has 4 N–H and O–H groups in total. The molecule has 1 saturated heterocycles. The van der Waals surface area contributed by atoms with E-state index in [-0.39, 0.29) is 57.4 Å². The van der Waals surface area contributed by atoms with Crippen LogP contribution in [0.4, 0.5) is 0 Å². The fourth-order valence-corrected chi connectivity index (χ4v) is 0.975. The van der Waals surface area contributed by atoms with Gasteiger partial charge in [-0.2, -0.15) is 5.90 Å². The number of hydrogen-bond donors (Lipinski definition) is 2. The first kappa shape index (κ1) is 12.0. The standard InChI is InChI=1S/C5H10N3O2.K/c6-3-1-2-8-4(3)5(9)10-7;/h3-4H,1-2,6-7H2;/q-1;+1. The molecule has 58 valence electrons. The van der Waals surface area contributed by atoms with Crippen LogP contribution >= 0.6 is 0 Å². The van der Waals surface area contributed by atoms with Gasteiger partial charge in [0.2, 0.25) is 0 Å². The van der Waals surface area contributed by atoms with E-state index in [1.54, 1.807) is 0 Å². The van der Waals surface area contributed by atoms with Crippen LogP contribution in [0.1, 0.15) is 6.42 Å². The molecule has 0 saturated carbocycles. The van der Waals surface area contributed by atoms with Gasteiger partial charge in [0.25, 0.3) is 0 Å². The average molecular weight is 183 g/mol. The molecule has 0 radical (unpaired) electrons. The zero-order valence-electron chi connectivity index (χ0n) is 6.49. The van der Waals surface area contributed by atoms with Gasteiger partial charge in [-0.15, -0.1) is 6.54 Å². The number of rotatable bonds is 1. The molecule has 6 heteroatoms. The number of carbonyl (C=O) groups excluding carboxylic acids is 1. The van der Waals surface area contributed by atoms with Crippen LogP contribution in [0, 0.1) is 0 Å². The van der Waals surface area contributed by atoms with Gasteiger partial charge in [-0.05, 0) is 12.1 Å². The van der Waals surface area contributed by atoms with E-state index in [1.165, 1.54) is 0 Å². The third-order valence-electron chi connectivity index (χ3n) is 1.55. The molecule has 1 fully saturated rings. The van der Waals surface area contributed by atoms with Crippen LogP contribution in [-0.4, -0.2) is 24.6 Å². The molecule has 1 heterocycles. The normalized spacial score (nSPS) is 29.3. The third kappa shape index (κ3) is 3.07. The summed E-state index contributed by atoms with van der Waals surface area (Å²) in [5, 5.41) is 3.91. The number of hydrogen-bond acceptors (Lipinski definition) is 4. The molecule has 0 aromatic rings. The van der Waals surface area contributed by atoms with Crippen molar-refractivity contribution in [2.45, 2.75) is 18.5 Å². The number of carbonyl (C=O) groups is 1. The van der Waals surface area contributed by atoms with Gasteiger partial charge in [0.1, 0.15) is 0 Å². The number of nitrogens with two attached hydrogens (primary N) is 2. The first-order valence-corrected chi connectivity index (χ1v) is 3.08. The van der Waals surface area contributed by atoms with E-state index in [4.69, 9.17) is 5.73 Å². The van der Waals surface area contributed by atoms with Crippen molar-refractivity contribution in [1.29, 1.82) is 0 Å². The van der Waals surface area contributed by atoms with E-state index in [9.17, 15) is 4.79 Å². The third-order valence-corrected chi connectivity index (χ3v) is 1.55. The van der Waals surface area contributed by atoms with Crippen LogP contribution in [0.15, 0.2) is 0 Å². The largest absolute Gasteiger partial charge is 1.00 e. The fourth-order valence-electron chi connectivity index (χ4n) is 0.975. The van der Waals surface area contributed by atoms with Crippen molar-refractivity contribution in [1.82, 2.24) is 0 Å². The van der Waals surface area contributed by atoms with Gasteiger partial charge < -0.3 is 15.9 Å². The van der Waals surface area contributed by atoms with E-state index in [2.05, 4.69) is 16.1 Å². The molecule has 0 aromatic carbocycles. The summed E-state index contributed by atoms with van der Waals surface area (Å²) in [6.45, 7) is 0.626. The van der Waals surface area contributed by atoms with Crippen molar-refractivity contribution in [2.75, 3.05) is 6.54 Å². The second kappa shape index (κ2) is 5.60. The summed E-state index contributed by atoms with van der Waals surface area (Å²) in [6.07, 6.45) is 0.736. The summed E-state index contributed by atoms with van der Waals surface area (Å²) >= 11 is 0. The molecule has 2 atom stereocenters. The number of nitrogens with zero attached hydrogens (tertiary/aromatic N) is 1. The van der Waals surface area contributed by atoms with Crippen molar-refractivity contribution < 1.29 is 61.0 Å². The van der Waals surface area contributed by atoms with E-state index in [0.29, 0.717) is 6.54 Å². The molecule has 5 nitrogen and oxygen atoms in total. The summed E-state index contributed by atoms with van der Waals surface area (Å²) in [4.78, 5) is 14.7. The Balaban J connectivity index is 0.000001000. The molecule has 1 rings (SSSR count). The molecule has 0 bridgehead atoms. The Labute approximate surface area is 108 Å². The minimum atomic E-state index is -0.537. The van der Waals surface area contributed by atoms with Crippen LogP contribution in [0.5, 0.6) is 0 Å². The Hall–Kier alpha value is 0.986. The molecule has 11 heavy (non-hydrogen) atoms. The van der Waals surface area contributed by atoms with Crippen LogP contribution in [-0.2, 0) is 9.63 Å². The van der Waals surface area contributed by atoms with E-state index < -0.39 is 12.0 Å². The topological polar surface area (TPSA) is 92.4 Å². The van der Waals surface area contributed by atoms with Gasteiger partial charge in [-0.3, -0.25) is 4.79 Å². The first-order valence-electron chi connectivity index (χ1n) is 3.08. The molecule has 1 aliphatic heterocycles. The molecule has 1 aliphatic rings. The van der Waals surface area contributed by atoms with Crippen LogP contribution in [0.3, 0.4) is 0 Å². The summed E-state index contributed by atoms with van der Waals surface area (Å²) < 4.78 is 0. The van der Waals surface area contributed by atoms with E-state index in [0.717, 1.165) is 6.42 Å². The van der Waals surface area contributed by atoms with Gasteiger partial charge in [0, 0.05) is 0 Å². The van der Waals surface area contributed by atoms with Gasteiger partial charge in [0.05, 0.1) is 0 Å². The molecule has 0 aliphatic carbocycles. The molecule has 0 aromatic heterocycles. The van der Waals surface area contributed by atoms with Crippen molar-refractivity contribution in [2.24, 2.45) is 11.6 Å². The van der Waals surface area contributed by atoms with Crippen molar-refractivity contribution in [3.8, 4) is 0 Å². The maximum Gasteiger partial charge on any atom is 1.00 e. The van der Waals surface area contributed by atoms with Crippen molar-refractivity contribution >= 4 is 5.97 Å². The summed E-state index contributed by atoms with van der Waals surface area (Å²) in [7, 11) is 0. The molecular formula is C5H10KN3O2. The molecule has 2 unspecified atom stereocenters. The Morgan fingerprint density at radius 2 is 2.27 bits per heavy atom. The van der Waals surface area contributed by atoms with Gasteiger partial charge >= 0.3 is 57.4 Å². The molecular weight excluding hydrogens is 173 g/mol. The Morgan fingerprint density at radius 3 is 2.64 bits per heavy atom. The second-order valence-corrected chi connectivity index (χ2v) is 2.24. The zero-order chi connectivity index (χ0) is 7.56. The van der Waals surface area contributed by atoms with Crippen LogP contribution < -0.4 is 63.0 Å². The van der Waals surface area contributed by atoms with Crippen LogP contribution in [0.25, 0.3) is 5.32 Å².